The van der Waals surface area contributed by atoms with Crippen molar-refractivity contribution in [2.45, 2.75) is 139 Å². The van der Waals surface area contributed by atoms with E-state index in [-0.39, 0.29) is 23.2 Å². The molecular formula is C30H52BrFO5Si2. The lowest BCUT2D eigenvalue weighted by Gasteiger charge is -2.46. The molecule has 224 valence electrons. The first-order chi connectivity index (χ1) is 18.0. The number of alkyl halides is 2. The van der Waals surface area contributed by atoms with Gasteiger partial charge in [-0.25, -0.2) is 9.18 Å². The topological polar surface area (TPSA) is 54.0 Å². The summed E-state index contributed by atoms with van der Waals surface area (Å²) in [5.41, 5.74) is 2.14. The Morgan fingerprint density at radius 1 is 0.846 bits per heavy atom. The number of halogens is 2. The van der Waals surface area contributed by atoms with E-state index < -0.39 is 45.7 Å². The summed E-state index contributed by atoms with van der Waals surface area (Å²) in [5, 5.41) is 0. The Morgan fingerprint density at radius 3 is 1.69 bits per heavy atom. The molecule has 1 saturated heterocycles. The highest BCUT2D eigenvalue weighted by atomic mass is 79.9. The Morgan fingerprint density at radius 2 is 1.28 bits per heavy atom. The molecule has 0 aromatic heterocycles. The summed E-state index contributed by atoms with van der Waals surface area (Å²) in [6, 6.07) is 8.58. The van der Waals surface area contributed by atoms with Crippen molar-refractivity contribution in [3.63, 3.8) is 0 Å². The fourth-order valence-electron chi connectivity index (χ4n) is 7.18. The fraction of sp³-hybridized carbons (Fsp3) is 0.767. The third kappa shape index (κ3) is 6.91. The first-order valence-electron chi connectivity index (χ1n) is 14.6. The minimum atomic E-state index is -2.53. The molecule has 9 heteroatoms. The van der Waals surface area contributed by atoms with Gasteiger partial charge in [-0.15, -0.1) is 0 Å². The quantitative estimate of drug-likeness (QED) is 0.121. The summed E-state index contributed by atoms with van der Waals surface area (Å²) < 4.78 is 40.4. The van der Waals surface area contributed by atoms with Crippen LogP contribution in [0.2, 0.25) is 33.2 Å². The van der Waals surface area contributed by atoms with E-state index in [2.05, 4.69) is 99.0 Å². The van der Waals surface area contributed by atoms with Crippen LogP contribution in [-0.4, -0.2) is 52.3 Å². The molecule has 0 radical (unpaired) electrons. The molecule has 1 aliphatic heterocycles. The number of ether oxygens (including phenoxy) is 2. The van der Waals surface area contributed by atoms with Crippen molar-refractivity contribution in [3.05, 3.63) is 35.9 Å². The van der Waals surface area contributed by atoms with E-state index in [1.165, 1.54) is 0 Å². The minimum absolute atomic E-state index is 0.181. The number of carbonyl (C=O) groups excluding carboxylic acids is 1. The molecule has 2 rings (SSSR count). The van der Waals surface area contributed by atoms with Gasteiger partial charge in [-0.05, 0) is 61.3 Å². The molecule has 1 heterocycles. The van der Waals surface area contributed by atoms with Gasteiger partial charge in [0.15, 0.2) is 8.32 Å². The van der Waals surface area contributed by atoms with Crippen LogP contribution in [-0.2, 0) is 18.3 Å². The molecule has 4 atom stereocenters. The normalized spacial score (nSPS) is 24.7. The maximum atomic E-state index is 16.8. The van der Waals surface area contributed by atoms with Crippen LogP contribution in [0.1, 0.15) is 93.4 Å². The van der Waals surface area contributed by atoms with Gasteiger partial charge in [0.25, 0.3) is 10.9 Å². The summed E-state index contributed by atoms with van der Waals surface area (Å²) in [7, 11) is -4.80. The molecule has 0 aliphatic carbocycles. The summed E-state index contributed by atoms with van der Waals surface area (Å²) in [5.74, 6) is -0.641. The molecule has 0 saturated carbocycles. The van der Waals surface area contributed by atoms with Crippen molar-refractivity contribution in [1.82, 2.24) is 0 Å². The van der Waals surface area contributed by atoms with Crippen molar-refractivity contribution in [1.29, 1.82) is 0 Å². The van der Waals surface area contributed by atoms with Crippen LogP contribution in [0.4, 0.5) is 4.39 Å². The third-order valence-corrected chi connectivity index (χ3v) is 21.8. The van der Waals surface area contributed by atoms with Crippen LogP contribution in [0.5, 0.6) is 0 Å². The maximum Gasteiger partial charge on any atom is 0.340 e. The van der Waals surface area contributed by atoms with Crippen LogP contribution in [0.3, 0.4) is 0 Å². The van der Waals surface area contributed by atoms with Crippen LogP contribution < -0.4 is 0 Å². The van der Waals surface area contributed by atoms with E-state index in [0.29, 0.717) is 22.2 Å². The number of hydrogen-bond donors (Lipinski definition) is 0. The summed E-state index contributed by atoms with van der Waals surface area (Å²) in [6.07, 6.45) is -3.22. The van der Waals surface area contributed by atoms with Crippen LogP contribution in [0.25, 0.3) is 0 Å². The van der Waals surface area contributed by atoms with Crippen LogP contribution in [0, 0.1) is 0 Å². The second kappa shape index (κ2) is 13.6. The zero-order valence-electron chi connectivity index (χ0n) is 26.1. The van der Waals surface area contributed by atoms with Gasteiger partial charge in [-0.3, -0.25) is 0 Å². The zero-order valence-corrected chi connectivity index (χ0v) is 29.7. The predicted molar refractivity (Wildman–Crippen MR) is 166 cm³/mol. The van der Waals surface area contributed by atoms with Gasteiger partial charge < -0.3 is 18.3 Å². The Bertz CT molecular complexity index is 880. The smallest absolute Gasteiger partial charge is 0.340 e. The molecule has 0 N–H and O–H groups in total. The predicted octanol–water partition coefficient (Wildman–Crippen LogP) is 9.38. The average Bonchev–Trinajstić information content (AvgIpc) is 3.05. The molecular weight excluding hydrogens is 595 g/mol. The molecule has 5 nitrogen and oxygen atoms in total. The lowest BCUT2D eigenvalue weighted by atomic mass is 10.1. The number of hydrogen-bond acceptors (Lipinski definition) is 5. The number of rotatable bonds is 13. The second-order valence-corrected chi connectivity index (χ2v) is 25.0. The van der Waals surface area contributed by atoms with E-state index in [9.17, 15) is 4.79 Å². The monoisotopic (exact) mass is 646 g/mol. The standard InChI is InChI=1S/C30H52BrFO5Si2/c1-19(2)38(20(3)4,21(5)6)34-18-26-27(37-39(22(7)8,23(9)10)24(11)12)30(31,32)29(35-26)36-28(33)25-16-14-13-15-17-25/h13-17,19-24,26-27,29H,18H2,1-12H3. The van der Waals surface area contributed by atoms with E-state index in [1.54, 1.807) is 24.3 Å². The fourth-order valence-corrected chi connectivity index (χ4v) is 19.0. The summed E-state index contributed by atoms with van der Waals surface area (Å²) in [6.45, 7) is 26.5. The lowest BCUT2D eigenvalue weighted by Crippen LogP contribution is -2.56. The van der Waals surface area contributed by atoms with Gasteiger partial charge in [0.2, 0.25) is 8.32 Å². The van der Waals surface area contributed by atoms with E-state index >= 15 is 4.39 Å². The molecule has 4 unspecified atom stereocenters. The SMILES string of the molecule is CC(C)[Si](OCC1OC(OC(=O)c2ccccc2)C(F)(Br)C1O[Si](C(C)C)(C(C)C)C(C)C)(C(C)C)C(C)C. The molecule has 0 amide bonds. The number of esters is 1. The second-order valence-electron chi connectivity index (χ2n) is 12.9. The minimum Gasteiger partial charge on any atom is -0.427 e. The summed E-state index contributed by atoms with van der Waals surface area (Å²) >= 11 is 3.31. The van der Waals surface area contributed by atoms with E-state index in [1.807, 2.05) is 6.07 Å². The Labute approximate surface area is 247 Å². The first kappa shape index (κ1) is 34.6. The molecule has 1 fully saturated rings. The van der Waals surface area contributed by atoms with Crippen molar-refractivity contribution in [2.75, 3.05) is 6.61 Å². The van der Waals surface area contributed by atoms with Crippen molar-refractivity contribution < 1.29 is 27.5 Å². The molecule has 0 spiro atoms. The summed E-state index contributed by atoms with van der Waals surface area (Å²) in [4.78, 5) is 13.0. The third-order valence-electron chi connectivity index (χ3n) is 8.80. The highest BCUT2D eigenvalue weighted by Gasteiger charge is 2.63. The average molecular weight is 648 g/mol. The van der Waals surface area contributed by atoms with Gasteiger partial charge in [-0.2, -0.15) is 0 Å². The zero-order chi connectivity index (χ0) is 29.9. The van der Waals surface area contributed by atoms with Gasteiger partial charge >= 0.3 is 5.97 Å². The van der Waals surface area contributed by atoms with Gasteiger partial charge in [-0.1, -0.05) is 101 Å². The molecule has 1 aromatic rings. The molecule has 1 aliphatic rings. The van der Waals surface area contributed by atoms with Crippen molar-refractivity contribution >= 4 is 38.5 Å². The van der Waals surface area contributed by atoms with Crippen molar-refractivity contribution in [2.24, 2.45) is 0 Å². The van der Waals surface area contributed by atoms with Crippen molar-refractivity contribution in [3.8, 4) is 0 Å². The maximum absolute atomic E-state index is 16.8. The number of carbonyl (C=O) groups is 1. The van der Waals surface area contributed by atoms with Gasteiger partial charge in [0, 0.05) is 0 Å². The first-order valence-corrected chi connectivity index (χ1v) is 19.6. The lowest BCUT2D eigenvalue weighted by molar-refractivity contribution is -0.132. The highest BCUT2D eigenvalue weighted by molar-refractivity contribution is 9.10. The van der Waals surface area contributed by atoms with Gasteiger partial charge in [0.05, 0.1) is 12.2 Å². The van der Waals surface area contributed by atoms with Crippen LogP contribution in [0.15, 0.2) is 30.3 Å². The Kier molecular flexibility index (Phi) is 12.1. The van der Waals surface area contributed by atoms with Crippen LogP contribution >= 0.6 is 15.9 Å². The largest absolute Gasteiger partial charge is 0.427 e. The number of benzene rings is 1. The van der Waals surface area contributed by atoms with E-state index in [4.69, 9.17) is 18.3 Å². The molecule has 0 bridgehead atoms. The molecule has 1 aromatic carbocycles. The highest BCUT2D eigenvalue weighted by Crippen LogP contribution is 2.51. The van der Waals surface area contributed by atoms with E-state index in [0.717, 1.165) is 0 Å². The Balaban J connectivity index is 2.51. The molecule has 39 heavy (non-hydrogen) atoms. The Hall–Kier alpha value is -0.586. The van der Waals surface area contributed by atoms with Gasteiger partial charge in [0.1, 0.15) is 12.2 Å².